The molecule has 4 atom stereocenters. The lowest BCUT2D eigenvalue weighted by molar-refractivity contribution is -0.152. The number of unbranched alkanes of at least 4 members (excludes halogenated alkanes) is 9. The van der Waals surface area contributed by atoms with Crippen LogP contribution in [0.3, 0.4) is 0 Å². The van der Waals surface area contributed by atoms with E-state index in [-0.39, 0.29) is 6.61 Å². The summed E-state index contributed by atoms with van der Waals surface area (Å²) < 4.78 is 10.1. The maximum absolute atomic E-state index is 11.1. The highest BCUT2D eigenvalue weighted by Gasteiger charge is 2.46. The molecule has 1 heterocycles. The van der Waals surface area contributed by atoms with E-state index in [1.165, 1.54) is 51.4 Å². The molecule has 6 heteroatoms. The van der Waals surface area contributed by atoms with Crippen molar-refractivity contribution in [1.82, 2.24) is 0 Å². The number of rotatable bonds is 14. The van der Waals surface area contributed by atoms with Crippen LogP contribution in [0.15, 0.2) is 0 Å². The minimum Gasteiger partial charge on any atom is -0.455 e. The SMILES string of the molecule is CCCCCCCCCCCCOC[C@@H](O)[C@H]1OC(=O)[C@H](O)[C@H]1O. The van der Waals surface area contributed by atoms with Gasteiger partial charge < -0.3 is 24.8 Å². The van der Waals surface area contributed by atoms with Gasteiger partial charge in [-0.1, -0.05) is 64.7 Å². The molecule has 0 saturated carbocycles. The van der Waals surface area contributed by atoms with Gasteiger partial charge in [-0.05, 0) is 6.42 Å². The van der Waals surface area contributed by atoms with Crippen molar-refractivity contribution in [3.05, 3.63) is 0 Å². The van der Waals surface area contributed by atoms with Crippen molar-refractivity contribution in [3.63, 3.8) is 0 Å². The Kier molecular flexibility index (Phi) is 11.2. The van der Waals surface area contributed by atoms with Gasteiger partial charge in [0, 0.05) is 6.61 Å². The predicted octanol–water partition coefficient (Wildman–Crippen LogP) is 1.93. The fourth-order valence-corrected chi connectivity index (χ4v) is 2.89. The molecule has 3 N–H and O–H groups in total. The molecule has 142 valence electrons. The molecule has 1 fully saturated rings. The van der Waals surface area contributed by atoms with Crippen molar-refractivity contribution >= 4 is 5.97 Å². The molecule has 0 bridgehead atoms. The van der Waals surface area contributed by atoms with E-state index in [9.17, 15) is 20.1 Å². The summed E-state index contributed by atoms with van der Waals surface area (Å²) in [4.78, 5) is 11.1. The molecule has 24 heavy (non-hydrogen) atoms. The number of carbonyl (C=O) groups is 1. The largest absolute Gasteiger partial charge is 0.455 e. The third kappa shape index (κ3) is 7.92. The first-order valence-electron chi connectivity index (χ1n) is 9.40. The van der Waals surface area contributed by atoms with E-state index in [0.717, 1.165) is 12.8 Å². The maximum Gasteiger partial charge on any atom is 0.338 e. The summed E-state index contributed by atoms with van der Waals surface area (Å²) in [5.41, 5.74) is 0. The van der Waals surface area contributed by atoms with E-state index in [1.54, 1.807) is 0 Å². The van der Waals surface area contributed by atoms with Gasteiger partial charge in [-0.15, -0.1) is 0 Å². The van der Waals surface area contributed by atoms with Gasteiger partial charge in [-0.25, -0.2) is 4.79 Å². The first-order valence-corrected chi connectivity index (χ1v) is 9.40. The van der Waals surface area contributed by atoms with Crippen molar-refractivity contribution in [1.29, 1.82) is 0 Å². The van der Waals surface area contributed by atoms with Crippen molar-refractivity contribution in [2.75, 3.05) is 13.2 Å². The first kappa shape index (κ1) is 21.4. The normalized spacial score (nSPS) is 25.0. The summed E-state index contributed by atoms with van der Waals surface area (Å²) >= 11 is 0. The van der Waals surface area contributed by atoms with Crippen molar-refractivity contribution < 1.29 is 29.6 Å². The molecule has 1 saturated heterocycles. The average Bonchev–Trinajstić information content (AvgIpc) is 2.83. The zero-order valence-electron chi connectivity index (χ0n) is 14.9. The lowest BCUT2D eigenvalue weighted by Crippen LogP contribution is -2.41. The van der Waals surface area contributed by atoms with E-state index >= 15 is 0 Å². The minimum atomic E-state index is -1.58. The Labute approximate surface area is 145 Å². The lowest BCUT2D eigenvalue weighted by Gasteiger charge is -2.19. The van der Waals surface area contributed by atoms with E-state index in [2.05, 4.69) is 6.92 Å². The Hall–Kier alpha value is -0.690. The Morgan fingerprint density at radius 2 is 1.54 bits per heavy atom. The summed E-state index contributed by atoms with van der Waals surface area (Å²) in [6.07, 6.45) is 7.26. The maximum atomic E-state index is 11.1. The Morgan fingerprint density at radius 1 is 1.00 bits per heavy atom. The van der Waals surface area contributed by atoms with Crippen LogP contribution in [0.4, 0.5) is 0 Å². The molecule has 0 aromatic heterocycles. The van der Waals surface area contributed by atoms with Crippen molar-refractivity contribution in [3.8, 4) is 0 Å². The highest BCUT2D eigenvalue weighted by molar-refractivity contribution is 5.77. The van der Waals surface area contributed by atoms with Crippen LogP contribution in [-0.2, 0) is 14.3 Å². The third-order valence-electron chi connectivity index (χ3n) is 4.46. The van der Waals surface area contributed by atoms with Crippen LogP contribution >= 0.6 is 0 Å². The summed E-state index contributed by atoms with van der Waals surface area (Å²) in [7, 11) is 0. The first-order chi connectivity index (χ1) is 11.6. The number of ether oxygens (including phenoxy) is 2. The van der Waals surface area contributed by atoms with Gasteiger partial charge in [0.05, 0.1) is 6.61 Å². The van der Waals surface area contributed by atoms with Crippen LogP contribution in [0, 0.1) is 0 Å². The number of carbonyl (C=O) groups excluding carboxylic acids is 1. The third-order valence-corrected chi connectivity index (χ3v) is 4.46. The van der Waals surface area contributed by atoms with Gasteiger partial charge in [0.15, 0.2) is 12.2 Å². The van der Waals surface area contributed by atoms with Gasteiger partial charge in [-0.2, -0.15) is 0 Å². The molecule has 0 aromatic carbocycles. The van der Waals surface area contributed by atoms with E-state index < -0.39 is 30.4 Å². The number of esters is 1. The Morgan fingerprint density at radius 3 is 2.04 bits per heavy atom. The standard InChI is InChI=1S/C18H34O6/c1-2-3-4-5-6-7-8-9-10-11-12-23-13-14(19)17-15(20)16(21)18(22)24-17/h14-17,19-21H,2-13H2,1H3/t14-,15-,16-,17-/m1/s1. The topological polar surface area (TPSA) is 96.2 Å². The quantitative estimate of drug-likeness (QED) is 0.328. The molecule has 0 amide bonds. The van der Waals surface area contributed by atoms with Gasteiger partial charge in [0.1, 0.15) is 12.2 Å². The monoisotopic (exact) mass is 346 g/mol. The van der Waals surface area contributed by atoms with E-state index in [0.29, 0.717) is 6.61 Å². The molecule has 0 aromatic rings. The summed E-state index contributed by atoms with van der Waals surface area (Å²) in [6.45, 7) is 2.75. The second kappa shape index (κ2) is 12.6. The minimum absolute atomic E-state index is 0.0147. The molecule has 1 aliphatic rings. The van der Waals surface area contributed by atoms with Crippen LogP contribution in [0.2, 0.25) is 0 Å². The molecule has 0 aliphatic carbocycles. The fraction of sp³-hybridized carbons (Fsp3) is 0.944. The number of aliphatic hydroxyl groups excluding tert-OH is 3. The zero-order valence-corrected chi connectivity index (χ0v) is 14.9. The predicted molar refractivity (Wildman–Crippen MR) is 90.6 cm³/mol. The molecular weight excluding hydrogens is 312 g/mol. The van der Waals surface area contributed by atoms with Gasteiger partial charge in [-0.3, -0.25) is 0 Å². The molecule has 0 spiro atoms. The van der Waals surface area contributed by atoms with Crippen molar-refractivity contribution in [2.45, 2.75) is 95.5 Å². The average molecular weight is 346 g/mol. The summed E-state index contributed by atoms with van der Waals surface area (Å²) in [5, 5.41) is 28.7. The molecular formula is C18H34O6. The summed E-state index contributed by atoms with van der Waals surface area (Å²) in [6, 6.07) is 0. The Bertz CT molecular complexity index is 335. The number of hydrogen-bond acceptors (Lipinski definition) is 6. The van der Waals surface area contributed by atoms with Crippen LogP contribution in [-0.4, -0.2) is 58.9 Å². The van der Waals surface area contributed by atoms with Crippen LogP contribution in [0.1, 0.15) is 71.1 Å². The number of hydrogen-bond donors (Lipinski definition) is 3. The van der Waals surface area contributed by atoms with Crippen molar-refractivity contribution in [2.24, 2.45) is 0 Å². The fourth-order valence-electron chi connectivity index (χ4n) is 2.89. The van der Waals surface area contributed by atoms with Gasteiger partial charge in [0.2, 0.25) is 0 Å². The highest BCUT2D eigenvalue weighted by atomic mass is 16.6. The summed E-state index contributed by atoms with van der Waals surface area (Å²) in [5.74, 6) is -0.902. The van der Waals surface area contributed by atoms with E-state index in [4.69, 9.17) is 9.47 Å². The lowest BCUT2D eigenvalue weighted by atomic mass is 10.1. The second-order valence-corrected chi connectivity index (χ2v) is 6.66. The van der Waals surface area contributed by atoms with Gasteiger partial charge in [0.25, 0.3) is 0 Å². The number of aliphatic hydroxyl groups is 3. The molecule has 1 rings (SSSR count). The van der Waals surface area contributed by atoms with Crippen LogP contribution in [0.25, 0.3) is 0 Å². The van der Waals surface area contributed by atoms with Crippen LogP contribution in [0.5, 0.6) is 0 Å². The smallest absolute Gasteiger partial charge is 0.338 e. The second-order valence-electron chi connectivity index (χ2n) is 6.66. The molecule has 6 nitrogen and oxygen atoms in total. The highest BCUT2D eigenvalue weighted by Crippen LogP contribution is 2.19. The van der Waals surface area contributed by atoms with E-state index in [1.807, 2.05) is 0 Å². The zero-order chi connectivity index (χ0) is 17.8. The molecule has 0 unspecified atom stereocenters. The van der Waals surface area contributed by atoms with Crippen LogP contribution < -0.4 is 0 Å². The Balaban J connectivity index is 1.91. The number of cyclic esters (lactones) is 1. The molecule has 1 aliphatic heterocycles. The molecule has 0 radical (unpaired) electrons. The van der Waals surface area contributed by atoms with Gasteiger partial charge >= 0.3 is 5.97 Å².